The Morgan fingerprint density at radius 2 is 1.76 bits per heavy atom. The van der Waals surface area contributed by atoms with Crippen LogP contribution in [-0.2, 0) is 9.59 Å². The average molecular weight is 246 g/mol. The topological polar surface area (TPSA) is 148 Å². The first-order valence-corrected chi connectivity index (χ1v) is 5.06. The highest BCUT2D eigenvalue weighted by molar-refractivity contribution is 5.87. The van der Waals surface area contributed by atoms with E-state index in [1.165, 1.54) is 0 Å². The molecule has 0 aromatic rings. The van der Waals surface area contributed by atoms with E-state index in [1.54, 1.807) is 13.8 Å². The fraction of sp³-hybridized carbons (Fsp3) is 0.667. The summed E-state index contributed by atoms with van der Waals surface area (Å²) in [6.07, 6.45) is -1.46. The smallest absolute Gasteiger partial charge is 0.312 e. The van der Waals surface area contributed by atoms with Crippen molar-refractivity contribution in [1.29, 1.82) is 0 Å². The van der Waals surface area contributed by atoms with Crippen molar-refractivity contribution in [2.24, 2.45) is 17.4 Å². The second-order valence-electron chi connectivity index (χ2n) is 3.89. The van der Waals surface area contributed by atoms with Crippen molar-refractivity contribution in [3.8, 4) is 0 Å². The molecule has 2 unspecified atom stereocenters. The van der Waals surface area contributed by atoms with Crippen LogP contribution < -0.4 is 22.1 Å². The second kappa shape index (κ2) is 6.69. The molecule has 0 heterocycles. The Hall–Kier alpha value is -1.83. The number of hydrogen-bond acceptors (Lipinski definition) is 4. The molecular formula is C9H18N4O4. The molecule has 0 saturated carbocycles. The van der Waals surface area contributed by atoms with E-state index < -0.39 is 30.0 Å². The van der Waals surface area contributed by atoms with Crippen molar-refractivity contribution in [2.75, 3.05) is 6.54 Å². The molecule has 0 spiro atoms. The van der Waals surface area contributed by atoms with Crippen LogP contribution in [0.3, 0.4) is 0 Å². The molecule has 0 aromatic carbocycles. The van der Waals surface area contributed by atoms with Gasteiger partial charge in [-0.3, -0.25) is 9.59 Å². The van der Waals surface area contributed by atoms with Crippen LogP contribution in [0.25, 0.3) is 0 Å². The number of aliphatic hydroxyl groups excluding tert-OH is 1. The number of rotatable bonds is 6. The lowest BCUT2D eigenvalue weighted by molar-refractivity contribution is -0.127. The lowest BCUT2D eigenvalue weighted by atomic mass is 10.0. The van der Waals surface area contributed by atoms with Gasteiger partial charge in [0.05, 0.1) is 6.54 Å². The van der Waals surface area contributed by atoms with Gasteiger partial charge < -0.3 is 27.2 Å². The summed E-state index contributed by atoms with van der Waals surface area (Å²) < 4.78 is 0. The largest absolute Gasteiger partial charge is 0.381 e. The van der Waals surface area contributed by atoms with Gasteiger partial charge in [-0.1, -0.05) is 13.8 Å². The standard InChI is InChI=1S/C9H18N4O4/c1-4(2)6(13-9(11)17)8(16)12-3-5(14)7(10)15/h4-6,14H,3H2,1-2H3,(H2,10,15)(H,12,16)(H3,11,13,17). The van der Waals surface area contributed by atoms with E-state index in [0.717, 1.165) is 0 Å². The summed E-state index contributed by atoms with van der Waals surface area (Å²) in [5, 5.41) is 13.6. The molecule has 8 heteroatoms. The van der Waals surface area contributed by atoms with Crippen molar-refractivity contribution in [3.63, 3.8) is 0 Å². The van der Waals surface area contributed by atoms with E-state index in [-0.39, 0.29) is 12.5 Å². The Kier molecular flexibility index (Phi) is 5.97. The van der Waals surface area contributed by atoms with Crippen LogP contribution in [0.1, 0.15) is 13.8 Å². The van der Waals surface area contributed by atoms with Gasteiger partial charge in [0.15, 0.2) is 0 Å². The molecule has 7 N–H and O–H groups in total. The Bertz CT molecular complexity index is 305. The number of nitrogens with one attached hydrogen (secondary N) is 2. The fourth-order valence-electron chi connectivity index (χ4n) is 1.10. The van der Waals surface area contributed by atoms with E-state index in [2.05, 4.69) is 10.6 Å². The molecule has 0 bridgehead atoms. The summed E-state index contributed by atoms with van der Waals surface area (Å²) in [5.41, 5.74) is 9.73. The number of urea groups is 1. The summed E-state index contributed by atoms with van der Waals surface area (Å²) in [7, 11) is 0. The molecule has 0 saturated heterocycles. The van der Waals surface area contributed by atoms with Crippen LogP contribution in [-0.4, -0.2) is 41.6 Å². The molecule has 0 fully saturated rings. The Balaban J connectivity index is 4.33. The van der Waals surface area contributed by atoms with Crippen molar-refractivity contribution in [2.45, 2.75) is 26.0 Å². The zero-order valence-corrected chi connectivity index (χ0v) is 9.77. The van der Waals surface area contributed by atoms with Gasteiger partial charge in [-0.25, -0.2) is 4.79 Å². The molecule has 0 aliphatic rings. The van der Waals surface area contributed by atoms with Crippen LogP contribution >= 0.6 is 0 Å². The first kappa shape index (κ1) is 15.2. The number of carbonyl (C=O) groups is 3. The van der Waals surface area contributed by atoms with Gasteiger partial charge >= 0.3 is 6.03 Å². The van der Waals surface area contributed by atoms with Crippen LogP contribution in [0.2, 0.25) is 0 Å². The van der Waals surface area contributed by atoms with Crippen molar-refractivity contribution in [3.05, 3.63) is 0 Å². The van der Waals surface area contributed by atoms with Gasteiger partial charge in [-0.05, 0) is 5.92 Å². The van der Waals surface area contributed by atoms with E-state index in [0.29, 0.717) is 0 Å². The molecule has 8 nitrogen and oxygen atoms in total. The van der Waals surface area contributed by atoms with E-state index >= 15 is 0 Å². The third-order valence-electron chi connectivity index (χ3n) is 2.04. The summed E-state index contributed by atoms with van der Waals surface area (Å²) in [6.45, 7) is 3.12. The highest BCUT2D eigenvalue weighted by atomic mass is 16.3. The van der Waals surface area contributed by atoms with Crippen LogP contribution in [0.5, 0.6) is 0 Å². The molecule has 98 valence electrons. The van der Waals surface area contributed by atoms with E-state index in [1.807, 2.05) is 0 Å². The van der Waals surface area contributed by atoms with Crippen LogP contribution in [0.4, 0.5) is 4.79 Å². The number of nitrogens with two attached hydrogens (primary N) is 2. The van der Waals surface area contributed by atoms with Gasteiger partial charge in [-0.15, -0.1) is 0 Å². The fourth-order valence-corrected chi connectivity index (χ4v) is 1.10. The number of hydrogen-bond donors (Lipinski definition) is 5. The predicted molar refractivity (Wildman–Crippen MR) is 59.6 cm³/mol. The maximum atomic E-state index is 11.6. The number of aliphatic hydroxyl groups is 1. The van der Waals surface area contributed by atoms with Gasteiger partial charge in [0.1, 0.15) is 12.1 Å². The van der Waals surface area contributed by atoms with Gasteiger partial charge in [-0.2, -0.15) is 0 Å². The highest BCUT2D eigenvalue weighted by Crippen LogP contribution is 2.01. The first-order valence-electron chi connectivity index (χ1n) is 5.06. The molecule has 4 amide bonds. The zero-order valence-electron chi connectivity index (χ0n) is 9.77. The summed E-state index contributed by atoms with van der Waals surface area (Å²) >= 11 is 0. The lowest BCUT2D eigenvalue weighted by Gasteiger charge is -2.21. The maximum Gasteiger partial charge on any atom is 0.312 e. The zero-order chi connectivity index (χ0) is 13.6. The summed E-state index contributed by atoms with van der Waals surface area (Å²) in [5.74, 6) is -1.67. The minimum absolute atomic E-state index is 0.187. The monoisotopic (exact) mass is 246 g/mol. The number of carbonyl (C=O) groups excluding carboxylic acids is 3. The maximum absolute atomic E-state index is 11.6. The minimum atomic E-state index is -1.46. The summed E-state index contributed by atoms with van der Waals surface area (Å²) in [6, 6.07) is -1.65. The summed E-state index contributed by atoms with van der Waals surface area (Å²) in [4.78, 5) is 32.8. The lowest BCUT2D eigenvalue weighted by Crippen LogP contribution is -2.53. The number of amides is 4. The Morgan fingerprint density at radius 1 is 1.24 bits per heavy atom. The third kappa shape index (κ3) is 5.71. The van der Waals surface area contributed by atoms with Gasteiger partial charge in [0, 0.05) is 0 Å². The first-order chi connectivity index (χ1) is 7.75. The minimum Gasteiger partial charge on any atom is -0.381 e. The van der Waals surface area contributed by atoms with Crippen LogP contribution in [0, 0.1) is 5.92 Å². The molecular weight excluding hydrogens is 228 g/mol. The normalized spacial score (nSPS) is 13.9. The molecule has 0 radical (unpaired) electrons. The van der Waals surface area contributed by atoms with Crippen molar-refractivity contribution >= 4 is 17.8 Å². The third-order valence-corrected chi connectivity index (χ3v) is 2.04. The Labute approximate surface area is 98.7 Å². The Morgan fingerprint density at radius 3 is 2.12 bits per heavy atom. The molecule has 0 aliphatic heterocycles. The highest BCUT2D eigenvalue weighted by Gasteiger charge is 2.24. The molecule has 0 aromatic heterocycles. The van der Waals surface area contributed by atoms with Gasteiger partial charge in [0.25, 0.3) is 0 Å². The van der Waals surface area contributed by atoms with Crippen molar-refractivity contribution < 1.29 is 19.5 Å². The van der Waals surface area contributed by atoms with Crippen molar-refractivity contribution in [1.82, 2.24) is 10.6 Å². The second-order valence-corrected chi connectivity index (χ2v) is 3.89. The average Bonchev–Trinajstić information content (AvgIpc) is 2.21. The molecule has 17 heavy (non-hydrogen) atoms. The molecule has 0 aliphatic carbocycles. The van der Waals surface area contributed by atoms with E-state index in [9.17, 15) is 14.4 Å². The predicted octanol–water partition coefficient (Wildman–Crippen LogP) is -2.36. The quantitative estimate of drug-likeness (QED) is 0.356. The molecule has 2 atom stereocenters. The van der Waals surface area contributed by atoms with E-state index in [4.69, 9.17) is 16.6 Å². The molecule has 0 rings (SSSR count). The van der Waals surface area contributed by atoms with Crippen LogP contribution in [0.15, 0.2) is 0 Å². The number of primary amides is 2. The SMILES string of the molecule is CC(C)C(NC(N)=O)C(=O)NCC(O)C(N)=O. The van der Waals surface area contributed by atoms with Gasteiger partial charge in [0.2, 0.25) is 11.8 Å².